The standard InChI is InChI=1S/C17H21BrFNO/c18-14-6-5-13(15(19)12-14)11-16(21)17(7-1-2-8-17)20-9-3-4-10-20/h5-6,12H,1-4,7-11H2. The summed E-state index contributed by atoms with van der Waals surface area (Å²) in [5.41, 5.74) is 0.212. The van der Waals surface area contributed by atoms with Crippen LogP contribution in [0.15, 0.2) is 22.7 Å². The molecule has 0 amide bonds. The Labute approximate surface area is 133 Å². The fourth-order valence-corrected chi connectivity index (χ4v) is 4.21. The van der Waals surface area contributed by atoms with Gasteiger partial charge in [-0.05, 0) is 56.5 Å². The molecule has 0 aromatic heterocycles. The average Bonchev–Trinajstić information content (AvgIpc) is 3.11. The van der Waals surface area contributed by atoms with Gasteiger partial charge < -0.3 is 0 Å². The zero-order valence-corrected chi connectivity index (χ0v) is 13.8. The number of halogens is 2. The van der Waals surface area contributed by atoms with Crippen molar-refractivity contribution in [2.75, 3.05) is 13.1 Å². The highest BCUT2D eigenvalue weighted by molar-refractivity contribution is 9.10. The van der Waals surface area contributed by atoms with E-state index < -0.39 is 0 Å². The molecule has 0 bridgehead atoms. The van der Waals surface area contributed by atoms with E-state index in [9.17, 15) is 9.18 Å². The summed E-state index contributed by atoms with van der Waals surface area (Å²) in [7, 11) is 0. The molecule has 1 aliphatic heterocycles. The van der Waals surface area contributed by atoms with Gasteiger partial charge in [-0.1, -0.05) is 34.8 Å². The summed E-state index contributed by atoms with van der Waals surface area (Å²) in [5, 5.41) is 0. The molecule has 2 nitrogen and oxygen atoms in total. The second kappa shape index (κ2) is 6.17. The van der Waals surface area contributed by atoms with Crippen molar-refractivity contribution in [2.45, 2.75) is 50.5 Å². The third-order valence-corrected chi connectivity index (χ3v) is 5.52. The zero-order valence-electron chi connectivity index (χ0n) is 12.2. The van der Waals surface area contributed by atoms with Gasteiger partial charge in [-0.15, -0.1) is 0 Å². The Hall–Kier alpha value is -0.740. The van der Waals surface area contributed by atoms with Crippen LogP contribution in [0, 0.1) is 5.82 Å². The van der Waals surface area contributed by atoms with Crippen LogP contribution in [-0.4, -0.2) is 29.3 Å². The van der Waals surface area contributed by atoms with Crippen LogP contribution in [0.5, 0.6) is 0 Å². The maximum Gasteiger partial charge on any atom is 0.157 e. The lowest BCUT2D eigenvalue weighted by molar-refractivity contribution is -0.129. The summed E-state index contributed by atoms with van der Waals surface area (Å²) < 4.78 is 14.7. The molecular formula is C17H21BrFNO. The van der Waals surface area contributed by atoms with Gasteiger partial charge in [0.05, 0.1) is 5.54 Å². The quantitative estimate of drug-likeness (QED) is 0.811. The predicted molar refractivity (Wildman–Crippen MR) is 84.8 cm³/mol. The minimum Gasteiger partial charge on any atom is -0.297 e. The molecule has 1 heterocycles. The van der Waals surface area contributed by atoms with Crippen molar-refractivity contribution in [2.24, 2.45) is 0 Å². The van der Waals surface area contributed by atoms with Gasteiger partial charge in [0.15, 0.2) is 5.78 Å². The molecule has 0 unspecified atom stereocenters. The van der Waals surface area contributed by atoms with E-state index in [4.69, 9.17) is 0 Å². The number of ketones is 1. The van der Waals surface area contributed by atoms with Crippen LogP contribution in [0.3, 0.4) is 0 Å². The van der Waals surface area contributed by atoms with Crippen molar-refractivity contribution < 1.29 is 9.18 Å². The van der Waals surface area contributed by atoms with Gasteiger partial charge in [0.2, 0.25) is 0 Å². The smallest absolute Gasteiger partial charge is 0.157 e. The largest absolute Gasteiger partial charge is 0.297 e. The number of nitrogens with zero attached hydrogens (tertiary/aromatic N) is 1. The Bertz CT molecular complexity index is 534. The van der Waals surface area contributed by atoms with Crippen LogP contribution in [0.25, 0.3) is 0 Å². The summed E-state index contributed by atoms with van der Waals surface area (Å²) in [6, 6.07) is 4.98. The highest BCUT2D eigenvalue weighted by atomic mass is 79.9. The summed E-state index contributed by atoms with van der Waals surface area (Å²) in [6.45, 7) is 2.04. The lowest BCUT2D eigenvalue weighted by Gasteiger charge is -2.37. The molecule has 2 fully saturated rings. The van der Waals surface area contributed by atoms with Crippen molar-refractivity contribution in [3.05, 3.63) is 34.1 Å². The normalized spacial score (nSPS) is 21.8. The molecule has 1 saturated carbocycles. The maximum absolute atomic E-state index is 14.0. The van der Waals surface area contributed by atoms with Crippen molar-refractivity contribution in [3.63, 3.8) is 0 Å². The number of hydrogen-bond donors (Lipinski definition) is 0. The topological polar surface area (TPSA) is 20.3 Å². The third-order valence-electron chi connectivity index (χ3n) is 5.03. The second-order valence-corrected chi connectivity index (χ2v) is 7.18. The number of carbonyl (C=O) groups is 1. The lowest BCUT2D eigenvalue weighted by atomic mass is 9.86. The number of hydrogen-bond acceptors (Lipinski definition) is 2. The van der Waals surface area contributed by atoms with Gasteiger partial charge >= 0.3 is 0 Å². The molecule has 0 atom stereocenters. The molecule has 0 spiro atoms. The van der Waals surface area contributed by atoms with Gasteiger partial charge in [-0.3, -0.25) is 9.69 Å². The molecule has 4 heteroatoms. The molecular weight excluding hydrogens is 333 g/mol. The van der Waals surface area contributed by atoms with E-state index in [1.54, 1.807) is 6.07 Å². The molecule has 2 aliphatic rings. The highest BCUT2D eigenvalue weighted by Gasteiger charge is 2.46. The van der Waals surface area contributed by atoms with Crippen molar-refractivity contribution in [1.82, 2.24) is 4.90 Å². The first-order valence-corrected chi connectivity index (χ1v) is 8.63. The molecule has 1 aromatic carbocycles. The number of rotatable bonds is 4. The molecule has 0 radical (unpaired) electrons. The van der Waals surface area contributed by atoms with Crippen molar-refractivity contribution in [1.29, 1.82) is 0 Å². The number of benzene rings is 1. The van der Waals surface area contributed by atoms with Crippen LogP contribution in [-0.2, 0) is 11.2 Å². The maximum atomic E-state index is 14.0. The number of carbonyl (C=O) groups excluding carboxylic acids is 1. The van der Waals surface area contributed by atoms with Gasteiger partial charge in [-0.25, -0.2) is 4.39 Å². The summed E-state index contributed by atoms with van der Waals surface area (Å²) in [6.07, 6.45) is 6.71. The average molecular weight is 354 g/mol. The Kier molecular flexibility index (Phi) is 4.46. The Balaban J connectivity index is 1.81. The Morgan fingerprint density at radius 1 is 1.19 bits per heavy atom. The van der Waals surface area contributed by atoms with Gasteiger partial charge in [0.1, 0.15) is 5.82 Å². The van der Waals surface area contributed by atoms with E-state index in [0.29, 0.717) is 10.0 Å². The fraction of sp³-hybridized carbons (Fsp3) is 0.588. The van der Waals surface area contributed by atoms with E-state index in [0.717, 1.165) is 38.8 Å². The first-order valence-electron chi connectivity index (χ1n) is 7.84. The van der Waals surface area contributed by atoms with Crippen LogP contribution in [0.2, 0.25) is 0 Å². The van der Waals surface area contributed by atoms with E-state index in [1.807, 2.05) is 6.07 Å². The van der Waals surface area contributed by atoms with Crippen LogP contribution >= 0.6 is 15.9 Å². The highest BCUT2D eigenvalue weighted by Crippen LogP contribution is 2.39. The summed E-state index contributed by atoms with van der Waals surface area (Å²) in [5.74, 6) is -0.0737. The SMILES string of the molecule is O=C(Cc1ccc(Br)cc1F)C1(N2CCCC2)CCCC1. The fourth-order valence-electron chi connectivity index (χ4n) is 3.88. The number of likely N-dealkylation sites (tertiary alicyclic amines) is 1. The van der Waals surface area contributed by atoms with Crippen LogP contribution < -0.4 is 0 Å². The molecule has 21 heavy (non-hydrogen) atoms. The Morgan fingerprint density at radius 3 is 2.48 bits per heavy atom. The monoisotopic (exact) mass is 353 g/mol. The Morgan fingerprint density at radius 2 is 1.86 bits per heavy atom. The van der Waals surface area contributed by atoms with Gasteiger partial charge in [0, 0.05) is 10.9 Å². The van der Waals surface area contributed by atoms with E-state index in [2.05, 4.69) is 20.8 Å². The lowest BCUT2D eigenvalue weighted by Crippen LogP contribution is -2.52. The van der Waals surface area contributed by atoms with Crippen molar-refractivity contribution in [3.8, 4) is 0 Å². The van der Waals surface area contributed by atoms with Crippen molar-refractivity contribution >= 4 is 21.7 Å². The predicted octanol–water partition coefficient (Wildman–Crippen LogP) is 4.11. The van der Waals surface area contributed by atoms with Gasteiger partial charge in [0.25, 0.3) is 0 Å². The first kappa shape index (κ1) is 15.2. The second-order valence-electron chi connectivity index (χ2n) is 6.27. The minimum atomic E-state index is -0.310. The van der Waals surface area contributed by atoms with E-state index in [1.165, 1.54) is 18.9 Å². The molecule has 1 saturated heterocycles. The number of Topliss-reactive ketones (excluding diaryl/α,β-unsaturated/α-hetero) is 1. The van der Waals surface area contributed by atoms with Crippen LogP contribution in [0.1, 0.15) is 44.1 Å². The van der Waals surface area contributed by atoms with Gasteiger partial charge in [-0.2, -0.15) is 0 Å². The van der Waals surface area contributed by atoms with E-state index in [-0.39, 0.29) is 23.6 Å². The first-order chi connectivity index (χ1) is 10.1. The molecule has 114 valence electrons. The van der Waals surface area contributed by atoms with E-state index >= 15 is 0 Å². The molecule has 1 aliphatic carbocycles. The third kappa shape index (κ3) is 2.93. The zero-order chi connectivity index (χ0) is 14.9. The molecule has 3 rings (SSSR count). The minimum absolute atomic E-state index is 0.211. The van der Waals surface area contributed by atoms with Crippen LogP contribution in [0.4, 0.5) is 4.39 Å². The molecule has 1 aromatic rings. The summed E-state index contributed by atoms with van der Waals surface area (Å²) >= 11 is 3.26. The summed E-state index contributed by atoms with van der Waals surface area (Å²) in [4.78, 5) is 15.3. The molecule has 0 N–H and O–H groups in total.